The first-order valence-electron chi connectivity index (χ1n) is 5.85. The Morgan fingerprint density at radius 1 is 1.41 bits per heavy atom. The lowest BCUT2D eigenvalue weighted by atomic mass is 10.0. The Balaban J connectivity index is 0.000000686. The highest BCUT2D eigenvalue weighted by Crippen LogP contribution is 2.22. The molecule has 0 aliphatic rings. The zero-order valence-corrected chi connectivity index (χ0v) is 11.0. The maximum absolute atomic E-state index is 11.7. The van der Waals surface area contributed by atoms with Crippen LogP contribution in [0.5, 0.6) is 0 Å². The SMILES string of the molecule is CC.CC(C)c1cn(C)c2nc(N)[nH]c(=O)c12. The van der Waals surface area contributed by atoms with E-state index >= 15 is 0 Å². The second kappa shape index (κ2) is 5.03. The fraction of sp³-hybridized carbons (Fsp3) is 0.500. The van der Waals surface area contributed by atoms with Crippen LogP contribution < -0.4 is 11.3 Å². The summed E-state index contributed by atoms with van der Waals surface area (Å²) in [5, 5.41) is 0.640. The smallest absolute Gasteiger partial charge is 0.262 e. The van der Waals surface area contributed by atoms with E-state index in [2.05, 4.69) is 9.97 Å². The van der Waals surface area contributed by atoms with Gasteiger partial charge in [-0.15, -0.1) is 0 Å². The maximum atomic E-state index is 11.7. The van der Waals surface area contributed by atoms with Crippen molar-refractivity contribution in [3.8, 4) is 0 Å². The number of aryl methyl sites for hydroxylation is 1. The van der Waals surface area contributed by atoms with Crippen molar-refractivity contribution in [2.45, 2.75) is 33.6 Å². The van der Waals surface area contributed by atoms with Crippen LogP contribution in [0, 0.1) is 0 Å². The number of nitrogen functional groups attached to an aromatic ring is 1. The molecule has 5 nitrogen and oxygen atoms in total. The van der Waals surface area contributed by atoms with Gasteiger partial charge in [-0.3, -0.25) is 9.78 Å². The van der Waals surface area contributed by atoms with E-state index in [-0.39, 0.29) is 11.5 Å². The average Bonchev–Trinajstić information content (AvgIpc) is 2.60. The van der Waals surface area contributed by atoms with E-state index in [1.165, 1.54) is 0 Å². The molecule has 0 bridgehead atoms. The Kier molecular flexibility index (Phi) is 3.93. The third-order valence-corrected chi connectivity index (χ3v) is 2.50. The third kappa shape index (κ3) is 2.33. The minimum Gasteiger partial charge on any atom is -0.369 e. The van der Waals surface area contributed by atoms with E-state index in [0.29, 0.717) is 17.0 Å². The second-order valence-electron chi connectivity index (χ2n) is 4.00. The minimum atomic E-state index is -0.165. The van der Waals surface area contributed by atoms with E-state index < -0.39 is 0 Å². The average molecular weight is 236 g/mol. The Hall–Kier alpha value is -1.78. The van der Waals surface area contributed by atoms with Crippen LogP contribution in [0.25, 0.3) is 11.0 Å². The molecule has 0 amide bonds. The molecule has 3 N–H and O–H groups in total. The number of hydrogen-bond donors (Lipinski definition) is 2. The normalized spacial score (nSPS) is 10.5. The van der Waals surface area contributed by atoms with Crippen LogP contribution in [-0.2, 0) is 7.05 Å². The molecule has 0 aliphatic carbocycles. The molecule has 17 heavy (non-hydrogen) atoms. The lowest BCUT2D eigenvalue weighted by Gasteiger charge is -2.00. The summed E-state index contributed by atoms with van der Waals surface area (Å²) in [5.74, 6) is 0.448. The van der Waals surface area contributed by atoms with Crippen molar-refractivity contribution in [3.05, 3.63) is 22.1 Å². The summed E-state index contributed by atoms with van der Waals surface area (Å²) in [6, 6.07) is 0. The van der Waals surface area contributed by atoms with Crippen molar-refractivity contribution in [3.63, 3.8) is 0 Å². The number of nitrogens with one attached hydrogen (secondary N) is 1. The Labute approximate surface area is 101 Å². The molecule has 0 saturated heterocycles. The van der Waals surface area contributed by atoms with Gasteiger partial charge in [0, 0.05) is 13.2 Å². The molecule has 0 unspecified atom stereocenters. The van der Waals surface area contributed by atoms with Crippen LogP contribution in [-0.4, -0.2) is 14.5 Å². The van der Waals surface area contributed by atoms with Crippen LogP contribution >= 0.6 is 0 Å². The van der Waals surface area contributed by atoms with Crippen molar-refractivity contribution in [2.75, 3.05) is 5.73 Å². The summed E-state index contributed by atoms with van der Waals surface area (Å²) in [4.78, 5) is 18.4. The van der Waals surface area contributed by atoms with Gasteiger partial charge in [0.2, 0.25) is 5.95 Å². The zero-order valence-electron chi connectivity index (χ0n) is 11.0. The number of nitrogens with two attached hydrogens (primary N) is 1. The Morgan fingerprint density at radius 2 is 2.00 bits per heavy atom. The van der Waals surface area contributed by atoms with E-state index in [9.17, 15) is 4.79 Å². The van der Waals surface area contributed by atoms with Crippen molar-refractivity contribution in [1.82, 2.24) is 14.5 Å². The van der Waals surface area contributed by atoms with Gasteiger partial charge < -0.3 is 10.3 Å². The maximum Gasteiger partial charge on any atom is 0.262 e. The largest absolute Gasteiger partial charge is 0.369 e. The van der Waals surface area contributed by atoms with Gasteiger partial charge in [-0.05, 0) is 11.5 Å². The molecule has 2 aromatic heterocycles. The van der Waals surface area contributed by atoms with Crippen molar-refractivity contribution < 1.29 is 0 Å². The highest BCUT2D eigenvalue weighted by Gasteiger charge is 2.14. The topological polar surface area (TPSA) is 76.7 Å². The number of anilines is 1. The molecule has 0 spiro atoms. The summed E-state index contributed by atoms with van der Waals surface area (Å²) >= 11 is 0. The molecule has 5 heteroatoms. The molecular weight excluding hydrogens is 216 g/mol. The molecule has 2 aromatic rings. The van der Waals surface area contributed by atoms with Crippen LogP contribution in [0.1, 0.15) is 39.2 Å². The van der Waals surface area contributed by atoms with E-state index in [4.69, 9.17) is 5.73 Å². The number of H-pyrrole nitrogens is 1. The molecule has 2 heterocycles. The highest BCUT2D eigenvalue weighted by atomic mass is 16.1. The van der Waals surface area contributed by atoms with Gasteiger partial charge in [-0.2, -0.15) is 4.98 Å². The number of fused-ring (bicyclic) bond motifs is 1. The molecular formula is C12H20N4O. The van der Waals surface area contributed by atoms with Crippen LogP contribution in [0.15, 0.2) is 11.0 Å². The number of hydrogen-bond acceptors (Lipinski definition) is 3. The van der Waals surface area contributed by atoms with Gasteiger partial charge in [0.25, 0.3) is 5.56 Å². The first kappa shape index (κ1) is 13.3. The van der Waals surface area contributed by atoms with Gasteiger partial charge >= 0.3 is 0 Å². The lowest BCUT2D eigenvalue weighted by Crippen LogP contribution is -2.12. The molecule has 0 saturated carbocycles. The van der Waals surface area contributed by atoms with Crippen molar-refractivity contribution in [2.24, 2.45) is 7.05 Å². The summed E-state index contributed by atoms with van der Waals surface area (Å²) in [6.45, 7) is 8.09. The molecule has 94 valence electrons. The summed E-state index contributed by atoms with van der Waals surface area (Å²) in [7, 11) is 1.86. The molecule has 0 aliphatic heterocycles. The summed E-state index contributed by atoms with van der Waals surface area (Å²) in [5.41, 5.74) is 6.97. The monoisotopic (exact) mass is 236 g/mol. The number of aromatic nitrogens is 3. The highest BCUT2D eigenvalue weighted by molar-refractivity contribution is 5.80. The standard InChI is InChI=1S/C10H14N4O.C2H6/c1-5(2)6-4-14(3)8-7(6)9(15)13-10(11)12-8;1-2/h4-5H,1-3H3,(H3,11,12,13,15);1-2H3. The zero-order chi connectivity index (χ0) is 13.2. The predicted molar refractivity (Wildman–Crippen MR) is 71.2 cm³/mol. The first-order valence-corrected chi connectivity index (χ1v) is 5.85. The molecule has 0 fully saturated rings. The van der Waals surface area contributed by atoms with Gasteiger partial charge in [-0.25, -0.2) is 0 Å². The Bertz CT molecular complexity index is 566. The van der Waals surface area contributed by atoms with Crippen LogP contribution in [0.3, 0.4) is 0 Å². The quantitative estimate of drug-likeness (QED) is 0.795. The van der Waals surface area contributed by atoms with E-state index in [1.54, 1.807) is 0 Å². The molecule has 0 radical (unpaired) electrons. The molecule has 0 atom stereocenters. The lowest BCUT2D eigenvalue weighted by molar-refractivity contribution is 0.855. The van der Waals surface area contributed by atoms with Crippen LogP contribution in [0.4, 0.5) is 5.95 Å². The fourth-order valence-corrected chi connectivity index (χ4v) is 1.77. The van der Waals surface area contributed by atoms with Gasteiger partial charge in [-0.1, -0.05) is 27.7 Å². The number of aromatic amines is 1. The summed E-state index contributed by atoms with van der Waals surface area (Å²) in [6.07, 6.45) is 1.93. The van der Waals surface area contributed by atoms with Crippen molar-refractivity contribution in [1.29, 1.82) is 0 Å². The Morgan fingerprint density at radius 3 is 2.53 bits per heavy atom. The minimum absolute atomic E-state index is 0.156. The van der Waals surface area contributed by atoms with Gasteiger partial charge in [0.15, 0.2) is 0 Å². The second-order valence-corrected chi connectivity index (χ2v) is 4.00. The molecule has 0 aromatic carbocycles. The van der Waals surface area contributed by atoms with Gasteiger partial charge in [0.05, 0.1) is 5.39 Å². The van der Waals surface area contributed by atoms with E-state index in [0.717, 1.165) is 5.56 Å². The summed E-state index contributed by atoms with van der Waals surface area (Å²) < 4.78 is 1.83. The third-order valence-electron chi connectivity index (χ3n) is 2.50. The predicted octanol–water partition coefficient (Wildman–Crippen LogP) is 1.99. The fourth-order valence-electron chi connectivity index (χ4n) is 1.77. The van der Waals surface area contributed by atoms with Gasteiger partial charge in [0.1, 0.15) is 5.65 Å². The first-order chi connectivity index (χ1) is 8.00. The molecule has 2 rings (SSSR count). The number of rotatable bonds is 1. The van der Waals surface area contributed by atoms with Crippen LogP contribution in [0.2, 0.25) is 0 Å². The number of nitrogens with zero attached hydrogens (tertiary/aromatic N) is 2. The van der Waals surface area contributed by atoms with E-state index in [1.807, 2.05) is 45.5 Å². The van der Waals surface area contributed by atoms with Crippen molar-refractivity contribution >= 4 is 17.0 Å².